The monoisotopic (exact) mass is 390 g/mol. The van der Waals surface area contributed by atoms with Crippen LogP contribution in [0.4, 0.5) is 16.5 Å². The number of hydrogen-bond donors (Lipinski definition) is 0. The quantitative estimate of drug-likeness (QED) is 0.402. The number of anilines is 1. The second-order valence-corrected chi connectivity index (χ2v) is 6.75. The molecule has 0 fully saturated rings. The van der Waals surface area contributed by atoms with Crippen LogP contribution in [0.2, 0.25) is 0 Å². The second kappa shape index (κ2) is 9.48. The Morgan fingerprint density at radius 2 is 1.86 bits per heavy atom. The summed E-state index contributed by atoms with van der Waals surface area (Å²) in [6.07, 6.45) is 0.483. The highest BCUT2D eigenvalue weighted by atomic mass is 32.1. The summed E-state index contributed by atoms with van der Waals surface area (Å²) in [4.78, 5) is 14.5. The van der Waals surface area contributed by atoms with Crippen LogP contribution >= 0.6 is 11.3 Å². The fourth-order valence-electron chi connectivity index (χ4n) is 2.55. The van der Waals surface area contributed by atoms with Gasteiger partial charge in [-0.05, 0) is 31.2 Å². The van der Waals surface area contributed by atoms with Gasteiger partial charge in [-0.3, -0.25) is 4.79 Å². The molecule has 8 heteroatoms. The minimum atomic E-state index is -0.180. The molecule has 0 bridgehead atoms. The number of carbonyl (C=O) groups is 1. The molecule has 0 radical (unpaired) electrons. The molecule has 0 spiro atoms. The fourth-order valence-corrected chi connectivity index (χ4v) is 3.17. The first kappa shape index (κ1) is 19.3. The average molecular weight is 390 g/mol. The number of nitriles is 1. The van der Waals surface area contributed by atoms with Crippen LogP contribution in [0.3, 0.4) is 0 Å². The third-order valence-corrected chi connectivity index (χ3v) is 4.79. The smallest absolute Gasteiger partial charge is 0.252 e. The van der Waals surface area contributed by atoms with Crippen LogP contribution in [-0.4, -0.2) is 29.1 Å². The Morgan fingerprint density at radius 3 is 2.54 bits per heavy atom. The maximum atomic E-state index is 12.3. The molecule has 0 unspecified atom stereocenters. The molecule has 3 aromatic rings. The third-order valence-electron chi connectivity index (χ3n) is 3.99. The van der Waals surface area contributed by atoms with Crippen LogP contribution in [0.25, 0.3) is 0 Å². The number of ketones is 1. The van der Waals surface area contributed by atoms with Crippen molar-refractivity contribution in [2.75, 3.05) is 18.0 Å². The minimum absolute atomic E-state index is 0.180. The van der Waals surface area contributed by atoms with E-state index >= 15 is 0 Å². The summed E-state index contributed by atoms with van der Waals surface area (Å²) in [6, 6.07) is 18.7. The van der Waals surface area contributed by atoms with Crippen molar-refractivity contribution in [3.8, 4) is 6.07 Å². The van der Waals surface area contributed by atoms with Crippen molar-refractivity contribution < 1.29 is 4.79 Å². The van der Waals surface area contributed by atoms with Crippen molar-refractivity contribution in [3.05, 3.63) is 65.2 Å². The molecular weight excluding hydrogens is 372 g/mol. The van der Waals surface area contributed by atoms with Gasteiger partial charge in [-0.25, -0.2) is 0 Å². The van der Waals surface area contributed by atoms with Gasteiger partial charge < -0.3 is 4.90 Å². The standard InChI is InChI=1S/C20H18N6OS/c1-2-26(14-6-13-21)17-11-9-16(10-12-17)22-24-20-25-23-19(28-20)18(27)15-7-4-3-5-8-15/h3-5,7-12H,2,6,14H2,1H3. The Kier molecular flexibility index (Phi) is 6.54. The summed E-state index contributed by atoms with van der Waals surface area (Å²) in [5.74, 6) is -0.180. The van der Waals surface area contributed by atoms with Crippen LogP contribution in [0.1, 0.15) is 28.7 Å². The van der Waals surface area contributed by atoms with Gasteiger partial charge in [0.15, 0.2) is 5.01 Å². The van der Waals surface area contributed by atoms with Crippen molar-refractivity contribution in [1.29, 1.82) is 5.26 Å². The van der Waals surface area contributed by atoms with Gasteiger partial charge in [0.25, 0.3) is 5.13 Å². The third kappa shape index (κ3) is 4.84. The van der Waals surface area contributed by atoms with E-state index in [0.29, 0.717) is 29.3 Å². The van der Waals surface area contributed by atoms with Gasteiger partial charge in [-0.1, -0.05) is 41.7 Å². The zero-order valence-electron chi connectivity index (χ0n) is 15.3. The van der Waals surface area contributed by atoms with Crippen molar-refractivity contribution in [1.82, 2.24) is 10.2 Å². The summed E-state index contributed by atoms with van der Waals surface area (Å²) >= 11 is 1.10. The normalized spacial score (nSPS) is 10.7. The summed E-state index contributed by atoms with van der Waals surface area (Å²) in [5.41, 5.74) is 2.27. The largest absolute Gasteiger partial charge is 0.371 e. The number of carbonyl (C=O) groups excluding carboxylic acids is 1. The summed E-state index contributed by atoms with van der Waals surface area (Å²) in [6.45, 7) is 3.57. The molecule has 0 amide bonds. The van der Waals surface area contributed by atoms with E-state index in [1.807, 2.05) is 30.3 Å². The molecule has 0 N–H and O–H groups in total. The highest BCUT2D eigenvalue weighted by Gasteiger charge is 2.14. The predicted octanol–water partition coefficient (Wildman–Crippen LogP) is 4.92. The lowest BCUT2D eigenvalue weighted by Gasteiger charge is -2.21. The SMILES string of the molecule is CCN(CCC#N)c1ccc(N=Nc2nnc(C(=O)c3ccccc3)s2)cc1. The fraction of sp³-hybridized carbons (Fsp3) is 0.200. The minimum Gasteiger partial charge on any atom is -0.371 e. The molecule has 0 aliphatic carbocycles. The van der Waals surface area contributed by atoms with Crippen molar-refractivity contribution in [3.63, 3.8) is 0 Å². The Morgan fingerprint density at radius 1 is 1.11 bits per heavy atom. The van der Waals surface area contributed by atoms with Gasteiger partial charge in [0.2, 0.25) is 5.78 Å². The molecule has 2 aromatic carbocycles. The predicted molar refractivity (Wildman–Crippen MR) is 109 cm³/mol. The molecule has 0 atom stereocenters. The Labute approximate surface area is 167 Å². The van der Waals surface area contributed by atoms with E-state index in [0.717, 1.165) is 23.6 Å². The zero-order valence-corrected chi connectivity index (χ0v) is 16.1. The molecule has 140 valence electrons. The second-order valence-electron chi connectivity index (χ2n) is 5.79. The molecule has 0 saturated heterocycles. The molecule has 1 heterocycles. The van der Waals surface area contributed by atoms with Crippen LogP contribution in [-0.2, 0) is 0 Å². The molecule has 1 aromatic heterocycles. The first-order valence-electron chi connectivity index (χ1n) is 8.78. The lowest BCUT2D eigenvalue weighted by Crippen LogP contribution is -2.23. The van der Waals surface area contributed by atoms with E-state index in [4.69, 9.17) is 5.26 Å². The first-order valence-corrected chi connectivity index (χ1v) is 9.60. The van der Waals surface area contributed by atoms with Crippen molar-refractivity contribution in [2.24, 2.45) is 10.2 Å². The Hall–Kier alpha value is -3.44. The van der Waals surface area contributed by atoms with E-state index in [1.165, 1.54) is 0 Å². The lowest BCUT2D eigenvalue weighted by molar-refractivity contribution is 0.103. The Balaban J connectivity index is 1.67. The van der Waals surface area contributed by atoms with E-state index in [9.17, 15) is 4.79 Å². The van der Waals surface area contributed by atoms with Crippen LogP contribution in [0, 0.1) is 11.3 Å². The summed E-state index contributed by atoms with van der Waals surface area (Å²) in [7, 11) is 0. The maximum Gasteiger partial charge on any atom is 0.252 e. The van der Waals surface area contributed by atoms with Gasteiger partial charge in [-0.2, -0.15) is 5.26 Å². The van der Waals surface area contributed by atoms with Gasteiger partial charge >= 0.3 is 0 Å². The number of rotatable bonds is 8. The maximum absolute atomic E-state index is 12.3. The van der Waals surface area contributed by atoms with Crippen LogP contribution < -0.4 is 4.90 Å². The molecule has 0 saturated carbocycles. The van der Waals surface area contributed by atoms with Crippen molar-refractivity contribution in [2.45, 2.75) is 13.3 Å². The number of aromatic nitrogens is 2. The zero-order chi connectivity index (χ0) is 19.8. The lowest BCUT2D eigenvalue weighted by atomic mass is 10.1. The molecule has 28 heavy (non-hydrogen) atoms. The van der Waals surface area contributed by atoms with E-state index in [-0.39, 0.29) is 10.8 Å². The summed E-state index contributed by atoms with van der Waals surface area (Å²) in [5, 5.41) is 25.4. The topological polar surface area (TPSA) is 94.6 Å². The van der Waals surface area contributed by atoms with E-state index in [1.54, 1.807) is 24.3 Å². The number of azo groups is 1. The average Bonchev–Trinajstić information content (AvgIpc) is 3.23. The number of hydrogen-bond acceptors (Lipinski definition) is 8. The summed E-state index contributed by atoms with van der Waals surface area (Å²) < 4.78 is 0. The van der Waals surface area contributed by atoms with E-state index < -0.39 is 0 Å². The number of benzene rings is 2. The highest BCUT2D eigenvalue weighted by Crippen LogP contribution is 2.25. The molecule has 0 aliphatic rings. The van der Waals surface area contributed by atoms with E-state index in [2.05, 4.69) is 38.3 Å². The van der Waals surface area contributed by atoms with Gasteiger partial charge in [0.05, 0.1) is 18.2 Å². The Bertz CT molecular complexity index is 992. The molecule has 3 rings (SSSR count). The first-order chi connectivity index (χ1) is 13.7. The molecular formula is C20H18N6OS. The van der Waals surface area contributed by atoms with Crippen LogP contribution in [0.15, 0.2) is 64.8 Å². The molecule has 0 aliphatic heterocycles. The van der Waals surface area contributed by atoms with Gasteiger partial charge in [0, 0.05) is 24.3 Å². The van der Waals surface area contributed by atoms with Crippen molar-refractivity contribution >= 4 is 33.6 Å². The van der Waals surface area contributed by atoms with Gasteiger partial charge in [-0.15, -0.1) is 20.4 Å². The van der Waals surface area contributed by atoms with Crippen LogP contribution in [0.5, 0.6) is 0 Å². The highest BCUT2D eigenvalue weighted by molar-refractivity contribution is 7.16. The number of nitrogens with zero attached hydrogens (tertiary/aromatic N) is 6. The van der Waals surface area contributed by atoms with Gasteiger partial charge in [0.1, 0.15) is 0 Å². The molecule has 7 nitrogen and oxygen atoms in total.